The predicted octanol–water partition coefficient (Wildman–Crippen LogP) is 1.88. The summed E-state index contributed by atoms with van der Waals surface area (Å²) in [6.07, 6.45) is 4.17. The van der Waals surface area contributed by atoms with Crippen LogP contribution in [0.1, 0.15) is 46.4 Å². The van der Waals surface area contributed by atoms with Gasteiger partial charge in [0.1, 0.15) is 6.04 Å². The van der Waals surface area contributed by atoms with E-state index in [-0.39, 0.29) is 11.8 Å². The highest BCUT2D eigenvalue weighted by Crippen LogP contribution is 2.41. The van der Waals surface area contributed by atoms with E-state index in [0.29, 0.717) is 32.1 Å². The van der Waals surface area contributed by atoms with Gasteiger partial charge in [-0.3, -0.25) is 14.5 Å². The molecule has 0 bridgehead atoms. The van der Waals surface area contributed by atoms with E-state index in [0.717, 1.165) is 29.7 Å². The van der Waals surface area contributed by atoms with Crippen LogP contribution in [0.5, 0.6) is 0 Å². The van der Waals surface area contributed by atoms with Crippen molar-refractivity contribution >= 4 is 11.8 Å². The van der Waals surface area contributed by atoms with Crippen LogP contribution >= 0.6 is 0 Å². The first-order valence-electron chi connectivity index (χ1n) is 9.20. The Morgan fingerprint density at radius 3 is 2.35 bits per heavy atom. The summed E-state index contributed by atoms with van der Waals surface area (Å²) in [4.78, 5) is 32.1. The minimum Gasteiger partial charge on any atom is -0.368 e. The molecule has 2 heterocycles. The van der Waals surface area contributed by atoms with Crippen LogP contribution in [0.3, 0.4) is 0 Å². The summed E-state index contributed by atoms with van der Waals surface area (Å²) in [7, 11) is 0. The molecule has 1 aliphatic heterocycles. The van der Waals surface area contributed by atoms with Crippen LogP contribution in [0.25, 0.3) is 0 Å². The number of aromatic amines is 1. The second-order valence-corrected chi connectivity index (χ2v) is 7.12. The van der Waals surface area contributed by atoms with Crippen LogP contribution in [0.2, 0.25) is 0 Å². The smallest absolute Gasteiger partial charge is 0.255 e. The van der Waals surface area contributed by atoms with Gasteiger partial charge in [0.2, 0.25) is 5.91 Å². The number of nitrogens with two attached hydrogens (primary N) is 1. The molecule has 26 heavy (non-hydrogen) atoms. The number of benzene rings is 1. The molecule has 1 atom stereocenters. The summed E-state index contributed by atoms with van der Waals surface area (Å²) in [5.41, 5.74) is 8.45. The Hall–Kier alpha value is -2.60. The Morgan fingerprint density at radius 2 is 1.73 bits per heavy atom. The monoisotopic (exact) mass is 352 g/mol. The van der Waals surface area contributed by atoms with Crippen LogP contribution in [-0.4, -0.2) is 52.8 Å². The highest BCUT2D eigenvalue weighted by atomic mass is 16.2. The Labute approximate surface area is 153 Å². The third-order valence-corrected chi connectivity index (χ3v) is 5.35. The van der Waals surface area contributed by atoms with Gasteiger partial charge in [-0.1, -0.05) is 30.3 Å². The molecule has 1 aromatic heterocycles. The van der Waals surface area contributed by atoms with Crippen molar-refractivity contribution in [3.8, 4) is 0 Å². The fourth-order valence-electron chi connectivity index (χ4n) is 3.82. The number of carbonyl (C=O) groups is 2. The molecule has 1 saturated carbocycles. The number of aromatic nitrogens is 1. The van der Waals surface area contributed by atoms with Crippen LogP contribution < -0.4 is 5.73 Å². The largest absolute Gasteiger partial charge is 0.368 e. The number of amides is 2. The summed E-state index contributed by atoms with van der Waals surface area (Å²) in [5.74, 6) is 0.253. The number of H-pyrrole nitrogens is 1. The van der Waals surface area contributed by atoms with E-state index >= 15 is 0 Å². The molecule has 2 amide bonds. The molecule has 0 spiro atoms. The lowest BCUT2D eigenvalue weighted by molar-refractivity contribution is -0.124. The molecular formula is C20H24N4O2. The summed E-state index contributed by atoms with van der Waals surface area (Å²) < 4.78 is 0. The van der Waals surface area contributed by atoms with Crippen LogP contribution in [0.15, 0.2) is 42.6 Å². The topological polar surface area (TPSA) is 82.4 Å². The van der Waals surface area contributed by atoms with Crippen molar-refractivity contribution in [2.24, 2.45) is 5.73 Å². The molecule has 1 unspecified atom stereocenters. The first-order valence-corrected chi connectivity index (χ1v) is 9.20. The van der Waals surface area contributed by atoms with E-state index < -0.39 is 6.04 Å². The van der Waals surface area contributed by atoms with Crippen LogP contribution in [-0.2, 0) is 4.79 Å². The standard InChI is InChI=1S/C20H24N4O2/c21-19(25)18(15-4-2-1-3-5-15)23-10-12-24(13-11-23)20(26)16-8-9-22-17(16)14-6-7-14/h1-5,8-9,14,18,22H,6-7,10-13H2,(H2,21,25). The van der Waals surface area contributed by atoms with E-state index in [1.54, 1.807) is 0 Å². The third-order valence-electron chi connectivity index (χ3n) is 5.35. The zero-order chi connectivity index (χ0) is 18.1. The average Bonchev–Trinajstić information content (AvgIpc) is 3.39. The molecule has 2 fully saturated rings. The van der Waals surface area contributed by atoms with Gasteiger partial charge < -0.3 is 15.6 Å². The van der Waals surface area contributed by atoms with Gasteiger partial charge in [0, 0.05) is 38.1 Å². The van der Waals surface area contributed by atoms with Gasteiger partial charge in [-0.2, -0.15) is 0 Å². The molecule has 136 valence electrons. The van der Waals surface area contributed by atoms with Gasteiger partial charge >= 0.3 is 0 Å². The van der Waals surface area contributed by atoms with Crippen molar-refractivity contribution in [2.75, 3.05) is 26.2 Å². The van der Waals surface area contributed by atoms with Gasteiger partial charge in [-0.15, -0.1) is 0 Å². The van der Waals surface area contributed by atoms with E-state index in [1.807, 2.05) is 47.5 Å². The van der Waals surface area contributed by atoms with Gasteiger partial charge in [0.25, 0.3) is 5.91 Å². The Kier molecular flexibility index (Phi) is 4.51. The van der Waals surface area contributed by atoms with Crippen molar-refractivity contribution in [2.45, 2.75) is 24.8 Å². The second kappa shape index (κ2) is 6.96. The second-order valence-electron chi connectivity index (χ2n) is 7.12. The molecule has 6 nitrogen and oxygen atoms in total. The van der Waals surface area contributed by atoms with Crippen molar-refractivity contribution in [1.82, 2.24) is 14.8 Å². The number of carbonyl (C=O) groups excluding carboxylic acids is 2. The normalized spacial score (nSPS) is 19.3. The van der Waals surface area contributed by atoms with Crippen LogP contribution in [0, 0.1) is 0 Å². The maximum absolute atomic E-state index is 12.9. The van der Waals surface area contributed by atoms with Crippen molar-refractivity contribution in [3.63, 3.8) is 0 Å². The fourth-order valence-corrected chi connectivity index (χ4v) is 3.82. The maximum Gasteiger partial charge on any atom is 0.255 e. The van der Waals surface area contributed by atoms with E-state index in [2.05, 4.69) is 9.88 Å². The van der Waals surface area contributed by atoms with Crippen molar-refractivity contribution < 1.29 is 9.59 Å². The Morgan fingerprint density at radius 1 is 1.04 bits per heavy atom. The summed E-state index contributed by atoms with van der Waals surface area (Å²) in [5, 5.41) is 0. The molecule has 3 N–H and O–H groups in total. The molecule has 4 rings (SSSR count). The minimum atomic E-state index is -0.442. The number of nitrogens with one attached hydrogen (secondary N) is 1. The SMILES string of the molecule is NC(=O)C(c1ccccc1)N1CCN(C(=O)c2cc[nH]c2C2CC2)CC1. The number of primary amides is 1. The first kappa shape index (κ1) is 16.8. The summed E-state index contributed by atoms with van der Waals surface area (Å²) in [6, 6.07) is 11.0. The zero-order valence-corrected chi connectivity index (χ0v) is 14.7. The van der Waals surface area contributed by atoms with E-state index in [1.165, 1.54) is 0 Å². The Balaban J connectivity index is 1.44. The molecule has 2 aromatic rings. The molecule has 1 aliphatic carbocycles. The van der Waals surface area contributed by atoms with Gasteiger partial charge in [-0.05, 0) is 30.4 Å². The average molecular weight is 352 g/mol. The third kappa shape index (κ3) is 3.24. The lowest BCUT2D eigenvalue weighted by atomic mass is 10.0. The molecule has 1 aromatic carbocycles. The first-order chi connectivity index (χ1) is 12.6. The molecular weight excluding hydrogens is 328 g/mol. The Bertz CT molecular complexity index is 789. The van der Waals surface area contributed by atoms with Gasteiger partial charge in [0.15, 0.2) is 0 Å². The molecule has 1 saturated heterocycles. The zero-order valence-electron chi connectivity index (χ0n) is 14.7. The van der Waals surface area contributed by atoms with E-state index in [9.17, 15) is 9.59 Å². The number of rotatable bonds is 5. The lowest BCUT2D eigenvalue weighted by Crippen LogP contribution is -2.51. The maximum atomic E-state index is 12.9. The van der Waals surface area contributed by atoms with Crippen molar-refractivity contribution in [1.29, 1.82) is 0 Å². The number of hydrogen-bond donors (Lipinski definition) is 2. The molecule has 6 heteroatoms. The highest BCUT2D eigenvalue weighted by Gasteiger charge is 2.33. The summed E-state index contributed by atoms with van der Waals surface area (Å²) in [6.45, 7) is 2.48. The minimum absolute atomic E-state index is 0.0862. The number of hydrogen-bond acceptors (Lipinski definition) is 3. The van der Waals surface area contributed by atoms with Crippen molar-refractivity contribution in [3.05, 3.63) is 59.4 Å². The number of nitrogens with zero attached hydrogens (tertiary/aromatic N) is 2. The number of piperazine rings is 1. The van der Waals surface area contributed by atoms with E-state index in [4.69, 9.17) is 5.73 Å². The molecule has 2 aliphatic rings. The van der Waals surface area contributed by atoms with Crippen LogP contribution in [0.4, 0.5) is 0 Å². The van der Waals surface area contributed by atoms with Gasteiger partial charge in [-0.25, -0.2) is 0 Å². The molecule has 0 radical (unpaired) electrons. The van der Waals surface area contributed by atoms with Gasteiger partial charge in [0.05, 0.1) is 5.56 Å². The fraction of sp³-hybridized carbons (Fsp3) is 0.400. The predicted molar refractivity (Wildman–Crippen MR) is 98.6 cm³/mol. The lowest BCUT2D eigenvalue weighted by Gasteiger charge is -2.38. The highest BCUT2D eigenvalue weighted by molar-refractivity contribution is 5.95. The summed E-state index contributed by atoms with van der Waals surface area (Å²) >= 11 is 0. The quantitative estimate of drug-likeness (QED) is 0.862.